The van der Waals surface area contributed by atoms with Gasteiger partial charge in [-0.3, -0.25) is 4.98 Å². The predicted octanol–water partition coefficient (Wildman–Crippen LogP) is 3.28. The second kappa shape index (κ2) is 8.53. The number of hydrogen-bond donors (Lipinski definition) is 1. The summed E-state index contributed by atoms with van der Waals surface area (Å²) in [6.45, 7) is 6.53. The Balaban J connectivity index is 0.000000924. The van der Waals surface area contributed by atoms with E-state index >= 15 is 0 Å². The normalized spacial score (nSPS) is 9.70. The van der Waals surface area contributed by atoms with E-state index in [4.69, 9.17) is 0 Å². The average Bonchev–Trinajstić information content (AvgIpc) is 2.63. The van der Waals surface area contributed by atoms with Gasteiger partial charge in [0.2, 0.25) is 0 Å². The molecule has 0 radical (unpaired) electrons. The number of pyridine rings is 1. The maximum absolute atomic E-state index is 4.47. The van der Waals surface area contributed by atoms with Crippen molar-refractivity contribution in [2.24, 2.45) is 0 Å². The first-order valence-corrected chi connectivity index (χ1v) is 7.55. The van der Waals surface area contributed by atoms with Crippen LogP contribution in [0.25, 0.3) is 11.1 Å². The van der Waals surface area contributed by atoms with Crippen molar-refractivity contribution in [3.05, 3.63) is 60.8 Å². The van der Waals surface area contributed by atoms with Gasteiger partial charge in [-0.1, -0.05) is 13.8 Å². The highest BCUT2D eigenvalue weighted by Crippen LogP contribution is 2.24. The van der Waals surface area contributed by atoms with Crippen LogP contribution in [0.2, 0.25) is 0 Å². The molecule has 0 saturated heterocycles. The summed E-state index contributed by atoms with van der Waals surface area (Å²) in [6, 6.07) is 3.93. The van der Waals surface area contributed by atoms with Crippen LogP contribution in [-0.4, -0.2) is 24.9 Å². The molecule has 23 heavy (non-hydrogen) atoms. The number of nitrogens with zero attached hydrogens (tertiary/aromatic N) is 5. The first-order chi connectivity index (χ1) is 11.3. The summed E-state index contributed by atoms with van der Waals surface area (Å²) in [5.74, 6) is 1.49. The molecule has 0 unspecified atom stereocenters. The molecule has 0 bridgehead atoms. The smallest absolute Gasteiger partial charge is 0.137 e. The fourth-order valence-corrected chi connectivity index (χ4v) is 1.94. The lowest BCUT2D eigenvalue weighted by molar-refractivity contribution is 1.02. The van der Waals surface area contributed by atoms with Gasteiger partial charge >= 0.3 is 0 Å². The zero-order valence-corrected chi connectivity index (χ0v) is 13.6. The Hall–Kier alpha value is -2.89. The lowest BCUT2D eigenvalue weighted by Gasteiger charge is -2.11. The predicted molar refractivity (Wildman–Crippen MR) is 90.7 cm³/mol. The van der Waals surface area contributed by atoms with E-state index in [1.807, 2.05) is 32.9 Å². The summed E-state index contributed by atoms with van der Waals surface area (Å²) in [5, 5.41) is 3.33. The second-order valence-corrected chi connectivity index (χ2v) is 4.52. The summed E-state index contributed by atoms with van der Waals surface area (Å²) in [6.07, 6.45) is 10.3. The fraction of sp³-hybridized carbons (Fsp3) is 0.235. The Labute approximate surface area is 136 Å². The molecule has 3 heterocycles. The molecule has 0 saturated carbocycles. The molecule has 3 aromatic rings. The van der Waals surface area contributed by atoms with Gasteiger partial charge in [-0.15, -0.1) is 0 Å². The van der Waals surface area contributed by atoms with E-state index < -0.39 is 0 Å². The lowest BCUT2D eigenvalue weighted by Crippen LogP contribution is -2.05. The first-order valence-electron chi connectivity index (χ1n) is 7.55. The van der Waals surface area contributed by atoms with E-state index in [0.717, 1.165) is 22.5 Å². The lowest BCUT2D eigenvalue weighted by atomic mass is 10.1. The standard InChI is InChI=1S/C15H14N6.C2H6/c1-11-19-9-14(13-7-17-10-18-8-13)15(21-11)20-6-12-2-4-16-5-3-12;1-2/h2-5,7-10H,6H2,1H3,(H,19,20,21);1-2H3. The van der Waals surface area contributed by atoms with Gasteiger partial charge in [0.15, 0.2) is 0 Å². The van der Waals surface area contributed by atoms with Crippen molar-refractivity contribution in [1.29, 1.82) is 0 Å². The van der Waals surface area contributed by atoms with Crippen molar-refractivity contribution in [3.63, 3.8) is 0 Å². The Morgan fingerprint density at radius 1 is 0.957 bits per heavy atom. The molecule has 3 rings (SSSR count). The number of nitrogens with one attached hydrogen (secondary N) is 1. The summed E-state index contributed by atoms with van der Waals surface area (Å²) in [4.78, 5) is 20.8. The van der Waals surface area contributed by atoms with Crippen molar-refractivity contribution in [2.45, 2.75) is 27.3 Å². The van der Waals surface area contributed by atoms with Crippen LogP contribution in [0.1, 0.15) is 25.2 Å². The molecule has 1 N–H and O–H groups in total. The van der Waals surface area contributed by atoms with Gasteiger partial charge in [-0.05, 0) is 24.6 Å². The Morgan fingerprint density at radius 2 is 1.65 bits per heavy atom. The number of hydrogen-bond acceptors (Lipinski definition) is 6. The highest BCUT2D eigenvalue weighted by molar-refractivity contribution is 5.73. The summed E-state index contributed by atoms with van der Waals surface area (Å²) >= 11 is 0. The largest absolute Gasteiger partial charge is 0.365 e. The summed E-state index contributed by atoms with van der Waals surface area (Å²) < 4.78 is 0. The fourth-order valence-electron chi connectivity index (χ4n) is 1.94. The minimum atomic E-state index is 0.666. The molecular weight excluding hydrogens is 288 g/mol. The Kier molecular flexibility index (Phi) is 6.11. The molecule has 0 aliphatic rings. The molecule has 0 aliphatic heterocycles. The molecule has 0 spiro atoms. The molecule has 0 amide bonds. The van der Waals surface area contributed by atoms with Crippen molar-refractivity contribution in [3.8, 4) is 11.1 Å². The van der Waals surface area contributed by atoms with Crippen molar-refractivity contribution >= 4 is 5.82 Å². The molecule has 0 atom stereocenters. The highest BCUT2D eigenvalue weighted by Gasteiger charge is 2.08. The quantitative estimate of drug-likeness (QED) is 0.797. The van der Waals surface area contributed by atoms with Gasteiger partial charge in [0.05, 0.1) is 0 Å². The third kappa shape index (κ3) is 4.54. The van der Waals surface area contributed by atoms with Crippen LogP contribution in [0.3, 0.4) is 0 Å². The molecule has 3 aromatic heterocycles. The zero-order valence-electron chi connectivity index (χ0n) is 13.6. The summed E-state index contributed by atoms with van der Waals surface area (Å²) in [7, 11) is 0. The molecular formula is C17H20N6. The van der Waals surface area contributed by atoms with Crippen LogP contribution in [0.5, 0.6) is 0 Å². The highest BCUT2D eigenvalue weighted by atomic mass is 15.0. The van der Waals surface area contributed by atoms with E-state index in [1.165, 1.54) is 6.33 Å². The number of rotatable bonds is 4. The van der Waals surface area contributed by atoms with E-state index in [2.05, 4.69) is 30.2 Å². The average molecular weight is 308 g/mol. The number of aromatic nitrogens is 5. The van der Waals surface area contributed by atoms with Crippen LogP contribution in [0.15, 0.2) is 49.4 Å². The molecule has 118 valence electrons. The van der Waals surface area contributed by atoms with Crippen LogP contribution in [0, 0.1) is 6.92 Å². The minimum absolute atomic E-state index is 0.666. The van der Waals surface area contributed by atoms with Crippen molar-refractivity contribution < 1.29 is 0 Å². The van der Waals surface area contributed by atoms with Gasteiger partial charge in [-0.25, -0.2) is 19.9 Å². The van der Waals surface area contributed by atoms with Crippen LogP contribution in [-0.2, 0) is 6.54 Å². The van der Waals surface area contributed by atoms with Gasteiger partial charge in [0.25, 0.3) is 0 Å². The maximum atomic E-state index is 4.47. The number of aryl methyl sites for hydroxylation is 1. The SMILES string of the molecule is CC.Cc1ncc(-c2cncnc2)c(NCc2ccncc2)n1. The monoisotopic (exact) mass is 308 g/mol. The third-order valence-corrected chi connectivity index (χ3v) is 2.99. The van der Waals surface area contributed by atoms with Crippen LogP contribution >= 0.6 is 0 Å². The molecule has 0 aliphatic carbocycles. The van der Waals surface area contributed by atoms with Gasteiger partial charge < -0.3 is 5.32 Å². The van der Waals surface area contributed by atoms with Gasteiger partial charge in [-0.2, -0.15) is 0 Å². The Morgan fingerprint density at radius 3 is 2.35 bits per heavy atom. The first kappa shape index (κ1) is 16.5. The van der Waals surface area contributed by atoms with Gasteiger partial charge in [0, 0.05) is 48.7 Å². The van der Waals surface area contributed by atoms with Gasteiger partial charge in [0.1, 0.15) is 18.0 Å². The van der Waals surface area contributed by atoms with E-state index in [-0.39, 0.29) is 0 Å². The van der Waals surface area contributed by atoms with Crippen molar-refractivity contribution in [1.82, 2.24) is 24.9 Å². The second-order valence-electron chi connectivity index (χ2n) is 4.52. The molecule has 0 fully saturated rings. The molecule has 6 nitrogen and oxygen atoms in total. The van der Waals surface area contributed by atoms with E-state index in [0.29, 0.717) is 12.4 Å². The number of anilines is 1. The van der Waals surface area contributed by atoms with Crippen LogP contribution < -0.4 is 5.32 Å². The van der Waals surface area contributed by atoms with Crippen LogP contribution in [0.4, 0.5) is 5.82 Å². The Bertz CT molecular complexity index is 716. The van der Waals surface area contributed by atoms with E-state index in [1.54, 1.807) is 31.0 Å². The van der Waals surface area contributed by atoms with E-state index in [9.17, 15) is 0 Å². The minimum Gasteiger partial charge on any atom is -0.365 e. The van der Waals surface area contributed by atoms with Crippen molar-refractivity contribution in [2.75, 3.05) is 5.32 Å². The topological polar surface area (TPSA) is 76.5 Å². The maximum Gasteiger partial charge on any atom is 0.137 e. The third-order valence-electron chi connectivity index (χ3n) is 2.99. The molecule has 6 heteroatoms. The molecule has 0 aromatic carbocycles. The summed E-state index contributed by atoms with van der Waals surface area (Å²) in [5.41, 5.74) is 2.90. The zero-order chi connectivity index (χ0) is 16.5.